The van der Waals surface area contributed by atoms with Crippen molar-refractivity contribution in [2.24, 2.45) is 0 Å². The van der Waals surface area contributed by atoms with Gasteiger partial charge in [0, 0.05) is 36.2 Å². The molecule has 4 nitrogen and oxygen atoms in total. The number of pyridine rings is 1. The Bertz CT molecular complexity index is 469. The Labute approximate surface area is 122 Å². The lowest BCUT2D eigenvalue weighted by atomic mass is 10.2. The first-order chi connectivity index (χ1) is 9.10. The monoisotopic (exact) mass is 299 g/mol. The second kappa shape index (κ2) is 6.48. The van der Waals surface area contributed by atoms with Crippen LogP contribution in [-0.2, 0) is 0 Å². The van der Waals surface area contributed by atoms with Crippen molar-refractivity contribution in [3.05, 3.63) is 22.8 Å². The molecule has 1 saturated heterocycles. The van der Waals surface area contributed by atoms with Crippen molar-refractivity contribution in [3.8, 4) is 0 Å². The van der Waals surface area contributed by atoms with Gasteiger partial charge < -0.3 is 10.2 Å². The number of carbonyl (C=O) groups is 1. The molecule has 1 atom stereocenters. The van der Waals surface area contributed by atoms with Crippen LogP contribution in [0.1, 0.15) is 24.2 Å². The van der Waals surface area contributed by atoms with Crippen molar-refractivity contribution in [1.29, 1.82) is 0 Å². The molecule has 1 aromatic heterocycles. The molecule has 19 heavy (non-hydrogen) atoms. The number of hydrogen-bond donors (Lipinski definition) is 1. The second-order valence-electron chi connectivity index (χ2n) is 4.53. The van der Waals surface area contributed by atoms with Crippen molar-refractivity contribution < 1.29 is 4.79 Å². The summed E-state index contributed by atoms with van der Waals surface area (Å²) in [6.45, 7) is 6.46. The van der Waals surface area contributed by atoms with Crippen LogP contribution in [0.2, 0.25) is 5.15 Å². The number of anilines is 1. The van der Waals surface area contributed by atoms with Gasteiger partial charge in [0.15, 0.2) is 0 Å². The summed E-state index contributed by atoms with van der Waals surface area (Å²) in [5, 5.41) is 3.92. The van der Waals surface area contributed by atoms with Gasteiger partial charge in [0.2, 0.25) is 0 Å². The van der Waals surface area contributed by atoms with E-state index in [1.165, 1.54) is 0 Å². The van der Waals surface area contributed by atoms with Crippen molar-refractivity contribution in [1.82, 2.24) is 9.88 Å². The van der Waals surface area contributed by atoms with E-state index in [-0.39, 0.29) is 5.91 Å². The molecule has 0 bridgehead atoms. The molecule has 0 radical (unpaired) electrons. The largest absolute Gasteiger partial charge is 0.370 e. The van der Waals surface area contributed by atoms with E-state index in [4.69, 9.17) is 11.6 Å². The first kappa shape index (κ1) is 14.5. The summed E-state index contributed by atoms with van der Waals surface area (Å²) in [5.74, 6) is 1.68. The number of nitrogens with zero attached hydrogens (tertiary/aromatic N) is 2. The maximum Gasteiger partial charge on any atom is 0.254 e. The third-order valence-corrected chi connectivity index (χ3v) is 4.26. The number of nitrogens with one attached hydrogen (secondary N) is 1. The summed E-state index contributed by atoms with van der Waals surface area (Å²) in [7, 11) is 0. The lowest BCUT2D eigenvalue weighted by Crippen LogP contribution is -2.41. The minimum atomic E-state index is 0.0376. The SMILES string of the molecule is CCNc1cc(C(=O)N2CCSC(C)C2)cc(Cl)n1. The van der Waals surface area contributed by atoms with E-state index in [0.717, 1.165) is 25.4 Å². The molecule has 104 valence electrons. The third-order valence-electron chi connectivity index (χ3n) is 2.93. The fraction of sp³-hybridized carbons (Fsp3) is 0.538. The number of halogens is 1. The van der Waals surface area contributed by atoms with E-state index in [1.807, 2.05) is 23.6 Å². The number of hydrogen-bond acceptors (Lipinski definition) is 4. The predicted molar refractivity (Wildman–Crippen MR) is 81.2 cm³/mol. The second-order valence-corrected chi connectivity index (χ2v) is 6.46. The summed E-state index contributed by atoms with van der Waals surface area (Å²) in [6.07, 6.45) is 0. The Kier molecular flexibility index (Phi) is 4.93. The number of rotatable bonds is 3. The first-order valence-electron chi connectivity index (χ1n) is 6.42. The van der Waals surface area contributed by atoms with Gasteiger partial charge in [-0.2, -0.15) is 11.8 Å². The topological polar surface area (TPSA) is 45.2 Å². The minimum absolute atomic E-state index is 0.0376. The van der Waals surface area contributed by atoms with Crippen molar-refractivity contribution in [3.63, 3.8) is 0 Å². The molecule has 1 aliphatic heterocycles. The molecule has 1 aliphatic rings. The smallest absolute Gasteiger partial charge is 0.254 e. The number of thioether (sulfide) groups is 1. The maximum atomic E-state index is 12.5. The van der Waals surface area contributed by atoms with Crippen LogP contribution in [0.3, 0.4) is 0 Å². The van der Waals surface area contributed by atoms with E-state index >= 15 is 0 Å². The number of aromatic nitrogens is 1. The van der Waals surface area contributed by atoms with Gasteiger partial charge in [-0.1, -0.05) is 18.5 Å². The first-order valence-corrected chi connectivity index (χ1v) is 7.85. The van der Waals surface area contributed by atoms with Gasteiger partial charge in [-0.15, -0.1) is 0 Å². The van der Waals surface area contributed by atoms with Gasteiger partial charge in [-0.05, 0) is 19.1 Å². The van der Waals surface area contributed by atoms with Gasteiger partial charge in [0.05, 0.1) is 0 Å². The molecule has 1 unspecified atom stereocenters. The zero-order valence-electron chi connectivity index (χ0n) is 11.1. The number of amides is 1. The fourth-order valence-electron chi connectivity index (χ4n) is 2.08. The van der Waals surface area contributed by atoms with Crippen molar-refractivity contribution in [2.75, 3.05) is 30.7 Å². The third kappa shape index (κ3) is 3.76. The van der Waals surface area contributed by atoms with Crippen LogP contribution in [0.25, 0.3) is 0 Å². The Morgan fingerprint density at radius 1 is 1.63 bits per heavy atom. The molecule has 0 aromatic carbocycles. The summed E-state index contributed by atoms with van der Waals surface area (Å²) >= 11 is 7.88. The van der Waals surface area contributed by atoms with Gasteiger partial charge in [-0.25, -0.2) is 4.98 Å². The quantitative estimate of drug-likeness (QED) is 0.872. The van der Waals surface area contributed by atoms with Gasteiger partial charge >= 0.3 is 0 Å². The Balaban J connectivity index is 2.18. The molecule has 0 spiro atoms. The molecular weight excluding hydrogens is 282 g/mol. The Morgan fingerprint density at radius 2 is 2.42 bits per heavy atom. The minimum Gasteiger partial charge on any atom is -0.370 e. The molecule has 1 fully saturated rings. The van der Waals surface area contributed by atoms with E-state index in [2.05, 4.69) is 17.2 Å². The van der Waals surface area contributed by atoms with E-state index in [1.54, 1.807) is 12.1 Å². The molecule has 0 aliphatic carbocycles. The van der Waals surface area contributed by atoms with Crippen LogP contribution in [-0.4, -0.2) is 46.4 Å². The number of carbonyl (C=O) groups excluding carboxylic acids is 1. The summed E-state index contributed by atoms with van der Waals surface area (Å²) in [5.41, 5.74) is 0.607. The van der Waals surface area contributed by atoms with Crippen LogP contribution in [0.4, 0.5) is 5.82 Å². The summed E-state index contributed by atoms with van der Waals surface area (Å²) < 4.78 is 0. The Morgan fingerprint density at radius 3 is 3.11 bits per heavy atom. The summed E-state index contributed by atoms with van der Waals surface area (Å²) in [4.78, 5) is 18.5. The maximum absolute atomic E-state index is 12.5. The highest BCUT2D eigenvalue weighted by atomic mass is 35.5. The van der Waals surface area contributed by atoms with Crippen LogP contribution in [0.15, 0.2) is 12.1 Å². The average Bonchev–Trinajstić information content (AvgIpc) is 2.37. The zero-order chi connectivity index (χ0) is 13.8. The van der Waals surface area contributed by atoms with Crippen molar-refractivity contribution >= 4 is 35.1 Å². The molecule has 1 amide bonds. The molecule has 2 heterocycles. The summed E-state index contributed by atoms with van der Waals surface area (Å²) in [6, 6.07) is 3.40. The average molecular weight is 300 g/mol. The highest BCUT2D eigenvalue weighted by molar-refractivity contribution is 7.99. The standard InChI is InChI=1S/C13H18ClN3OS/c1-3-15-12-7-10(6-11(14)16-12)13(18)17-4-5-19-9(2)8-17/h6-7,9H,3-5,8H2,1-2H3,(H,15,16). The molecular formula is C13H18ClN3OS. The zero-order valence-corrected chi connectivity index (χ0v) is 12.7. The lowest BCUT2D eigenvalue weighted by Gasteiger charge is -2.30. The predicted octanol–water partition coefficient (Wildman–Crippen LogP) is 2.74. The molecule has 2 rings (SSSR count). The van der Waals surface area contributed by atoms with Crippen molar-refractivity contribution in [2.45, 2.75) is 19.1 Å². The Hall–Kier alpha value is -0.940. The van der Waals surface area contributed by atoms with E-state index < -0.39 is 0 Å². The lowest BCUT2D eigenvalue weighted by molar-refractivity contribution is 0.0763. The van der Waals surface area contributed by atoms with Crippen LogP contribution < -0.4 is 5.32 Å². The highest BCUT2D eigenvalue weighted by Crippen LogP contribution is 2.21. The molecule has 0 saturated carbocycles. The molecule has 1 N–H and O–H groups in total. The van der Waals surface area contributed by atoms with Crippen LogP contribution in [0, 0.1) is 0 Å². The van der Waals surface area contributed by atoms with Gasteiger partial charge in [-0.3, -0.25) is 4.79 Å². The highest BCUT2D eigenvalue weighted by Gasteiger charge is 2.23. The fourth-order valence-corrected chi connectivity index (χ4v) is 3.30. The van der Waals surface area contributed by atoms with Crippen LogP contribution in [0.5, 0.6) is 0 Å². The van der Waals surface area contributed by atoms with Gasteiger partial charge in [0.25, 0.3) is 5.91 Å². The van der Waals surface area contributed by atoms with E-state index in [9.17, 15) is 4.79 Å². The normalized spacial score (nSPS) is 19.3. The molecule has 6 heteroatoms. The van der Waals surface area contributed by atoms with E-state index in [0.29, 0.717) is 21.8 Å². The van der Waals surface area contributed by atoms with Crippen LogP contribution >= 0.6 is 23.4 Å². The van der Waals surface area contributed by atoms with Gasteiger partial charge in [0.1, 0.15) is 11.0 Å². The molecule has 1 aromatic rings.